The molecule has 0 saturated carbocycles. The van der Waals surface area contributed by atoms with Crippen molar-refractivity contribution < 1.29 is 43.5 Å². The molecule has 0 radical (unpaired) electrons. The minimum Gasteiger partial charge on any atom is -0.477 e. The van der Waals surface area contributed by atoms with Crippen molar-refractivity contribution in [2.75, 3.05) is 46.9 Å². The number of amides is 3. The number of carbonyl (C=O) groups excluding carboxylic acids is 6. The number of nitrogens with zero attached hydrogens (tertiary/aromatic N) is 4. The second-order valence-electron chi connectivity index (χ2n) is 11.7. The van der Waals surface area contributed by atoms with Crippen molar-refractivity contribution in [2.45, 2.75) is 52.3 Å². The maximum atomic E-state index is 13.5. The average molecular weight is 791 g/mol. The van der Waals surface area contributed by atoms with Gasteiger partial charge in [-0.3, -0.25) is 33.7 Å². The van der Waals surface area contributed by atoms with Crippen LogP contribution in [0.4, 0.5) is 16.5 Å². The number of nitrogen functional groups attached to an aromatic ring is 1. The highest BCUT2D eigenvalue weighted by atomic mass is 32.2. The number of carboxylic acid groups (broad SMARTS) is 1. The third kappa shape index (κ3) is 9.61. The van der Waals surface area contributed by atoms with Crippen LogP contribution < -0.4 is 16.0 Å². The number of aromatic nitrogens is 1. The van der Waals surface area contributed by atoms with Crippen molar-refractivity contribution >= 4 is 109 Å². The monoisotopic (exact) mass is 790 g/mol. The Hall–Kier alpha value is -4.20. The lowest BCUT2D eigenvalue weighted by Gasteiger charge is -2.49. The summed E-state index contributed by atoms with van der Waals surface area (Å²) in [6, 6.07) is 3.39. The summed E-state index contributed by atoms with van der Waals surface area (Å²) >= 11 is 4.16. The standard InChI is InChI=1S/C33H38N6O9S4/c1-6-7-38(27(44)15-50-18(4)41)24-8-16(2)19(10-22(24)35-26(43)14-49-17(3)40)9-20-12-51-31-21(30(45)39(31)29(20)32(46)47)11-25(42)28(37-48-5)23-13-52-33(34)36-23/h8,10,13,21,31H,6-7,9,11-12,14-15H2,1-5H3,(H2,34,36)(H,35,43)(H,46,47)/b37-28-/t21-,31-/m1/s1. The van der Waals surface area contributed by atoms with Crippen LogP contribution in [0.25, 0.3) is 0 Å². The third-order valence-corrected chi connectivity index (χ3v) is 11.6. The van der Waals surface area contributed by atoms with Crippen molar-refractivity contribution in [3.8, 4) is 0 Å². The van der Waals surface area contributed by atoms with Crippen LogP contribution in [0, 0.1) is 12.8 Å². The molecule has 3 amide bonds. The van der Waals surface area contributed by atoms with Gasteiger partial charge < -0.3 is 25.9 Å². The molecule has 4 rings (SSSR count). The summed E-state index contributed by atoms with van der Waals surface area (Å²) in [4.78, 5) is 100. The lowest BCUT2D eigenvalue weighted by atomic mass is 9.88. The predicted molar refractivity (Wildman–Crippen MR) is 203 cm³/mol. The number of thioether (sulfide) groups is 3. The zero-order valence-corrected chi connectivity index (χ0v) is 32.3. The van der Waals surface area contributed by atoms with Crippen molar-refractivity contribution in [3.63, 3.8) is 0 Å². The number of aliphatic carboxylic acids is 1. The second kappa shape index (κ2) is 18.0. The molecule has 2 atom stereocenters. The van der Waals surface area contributed by atoms with Gasteiger partial charge in [0.15, 0.2) is 26.9 Å². The highest BCUT2D eigenvalue weighted by Gasteiger charge is 2.54. The van der Waals surface area contributed by atoms with E-state index in [1.165, 1.54) is 42.5 Å². The van der Waals surface area contributed by atoms with Gasteiger partial charge in [-0.2, -0.15) is 0 Å². The average Bonchev–Trinajstić information content (AvgIpc) is 3.52. The topological polar surface area (TPSA) is 219 Å². The minimum atomic E-state index is -1.30. The summed E-state index contributed by atoms with van der Waals surface area (Å²) in [5, 5.41) is 17.7. The lowest BCUT2D eigenvalue weighted by Crippen LogP contribution is -2.62. The molecular formula is C33H38N6O9S4. The Bertz CT molecular complexity index is 1860. The van der Waals surface area contributed by atoms with E-state index in [-0.39, 0.29) is 74.2 Å². The quantitative estimate of drug-likeness (QED) is 0.126. The summed E-state index contributed by atoms with van der Waals surface area (Å²) in [6.45, 7) is 6.69. The predicted octanol–water partition coefficient (Wildman–Crippen LogP) is 3.70. The maximum absolute atomic E-state index is 13.5. The molecule has 0 aliphatic carbocycles. The molecule has 0 bridgehead atoms. The van der Waals surface area contributed by atoms with Gasteiger partial charge in [0, 0.05) is 37.9 Å². The van der Waals surface area contributed by atoms with Crippen LogP contribution in [0.15, 0.2) is 33.9 Å². The van der Waals surface area contributed by atoms with Crippen LogP contribution >= 0.6 is 46.6 Å². The Morgan fingerprint density at radius 1 is 1.15 bits per heavy atom. The Morgan fingerprint density at radius 2 is 1.85 bits per heavy atom. The highest BCUT2D eigenvalue weighted by molar-refractivity contribution is 8.14. The molecular weight excluding hydrogens is 753 g/mol. The highest BCUT2D eigenvalue weighted by Crippen LogP contribution is 2.46. The number of benzene rings is 1. The molecule has 2 aromatic rings. The number of β-lactam (4-membered cyclic amide) rings is 1. The first-order chi connectivity index (χ1) is 24.7. The van der Waals surface area contributed by atoms with Gasteiger partial charge in [-0.1, -0.05) is 35.6 Å². The molecule has 52 heavy (non-hydrogen) atoms. The molecule has 1 fully saturated rings. The number of Topliss-reactive ketones (excluding diaryl/α,β-unsaturated/α-hetero) is 1. The summed E-state index contributed by atoms with van der Waals surface area (Å²) in [7, 11) is 1.28. The van der Waals surface area contributed by atoms with E-state index in [4.69, 9.17) is 10.6 Å². The lowest BCUT2D eigenvalue weighted by molar-refractivity contribution is -0.153. The molecule has 2 aliphatic heterocycles. The van der Waals surface area contributed by atoms with Crippen LogP contribution in [-0.4, -0.2) is 96.7 Å². The molecule has 4 N–H and O–H groups in total. The molecule has 19 heteroatoms. The van der Waals surface area contributed by atoms with Crippen LogP contribution in [0.2, 0.25) is 0 Å². The van der Waals surface area contributed by atoms with E-state index in [0.717, 1.165) is 34.9 Å². The first-order valence-electron chi connectivity index (χ1n) is 15.9. The minimum absolute atomic E-state index is 0.0873. The molecule has 1 aromatic heterocycles. The number of anilines is 3. The number of thiazole rings is 1. The molecule has 15 nitrogen and oxygen atoms in total. The van der Waals surface area contributed by atoms with Gasteiger partial charge >= 0.3 is 5.97 Å². The number of hydrogen-bond donors (Lipinski definition) is 3. The largest absolute Gasteiger partial charge is 0.477 e. The van der Waals surface area contributed by atoms with E-state index in [1.54, 1.807) is 24.4 Å². The third-order valence-electron chi connectivity index (χ3n) is 7.95. The molecule has 0 unspecified atom stereocenters. The van der Waals surface area contributed by atoms with E-state index in [2.05, 4.69) is 15.5 Å². The van der Waals surface area contributed by atoms with Gasteiger partial charge in [0.2, 0.25) is 17.7 Å². The number of rotatable bonds is 16. The normalized spacial score (nSPS) is 16.9. The van der Waals surface area contributed by atoms with Crippen LogP contribution in [0.5, 0.6) is 0 Å². The Kier molecular flexibility index (Phi) is 14.1. The number of nitrogens with one attached hydrogen (secondary N) is 1. The van der Waals surface area contributed by atoms with E-state index >= 15 is 0 Å². The first-order valence-corrected chi connectivity index (χ1v) is 19.8. The van der Waals surface area contributed by atoms with Gasteiger partial charge in [0.05, 0.1) is 34.2 Å². The number of ketones is 1. The number of hydrogen-bond acceptors (Lipinski definition) is 15. The Balaban J connectivity index is 1.65. The maximum Gasteiger partial charge on any atom is 0.352 e. The van der Waals surface area contributed by atoms with Crippen molar-refractivity contribution in [1.82, 2.24) is 9.88 Å². The van der Waals surface area contributed by atoms with Gasteiger partial charge in [0.1, 0.15) is 18.5 Å². The smallest absolute Gasteiger partial charge is 0.352 e. The van der Waals surface area contributed by atoms with Crippen LogP contribution in [-0.2, 0) is 44.8 Å². The van der Waals surface area contributed by atoms with Crippen LogP contribution in [0.3, 0.4) is 0 Å². The first kappa shape index (κ1) is 40.6. The summed E-state index contributed by atoms with van der Waals surface area (Å²) in [6.07, 6.45) is 0.441. The molecule has 1 aromatic carbocycles. The van der Waals surface area contributed by atoms with E-state index in [9.17, 15) is 38.7 Å². The number of carbonyl (C=O) groups is 7. The van der Waals surface area contributed by atoms with Gasteiger partial charge in [-0.15, -0.1) is 23.1 Å². The summed E-state index contributed by atoms with van der Waals surface area (Å²) in [5.41, 5.74) is 8.12. The number of aryl methyl sites for hydroxylation is 1. The van der Waals surface area contributed by atoms with Crippen molar-refractivity contribution in [1.29, 1.82) is 0 Å². The fraction of sp³-hybridized carbons (Fsp3) is 0.424. The number of nitrogens with two attached hydrogens (primary N) is 1. The van der Waals surface area contributed by atoms with Crippen molar-refractivity contribution in [3.05, 3.63) is 45.6 Å². The Morgan fingerprint density at radius 3 is 2.44 bits per heavy atom. The van der Waals surface area contributed by atoms with Crippen LogP contribution in [0.1, 0.15) is 50.4 Å². The van der Waals surface area contributed by atoms with Gasteiger partial charge in [0.25, 0.3) is 0 Å². The zero-order chi connectivity index (χ0) is 38.3. The zero-order valence-electron chi connectivity index (χ0n) is 29.0. The van der Waals surface area contributed by atoms with E-state index < -0.39 is 34.9 Å². The number of carboxylic acids is 1. The number of oxime groups is 1. The molecule has 2 aliphatic rings. The fourth-order valence-corrected chi connectivity index (χ4v) is 8.51. The fourth-order valence-electron chi connectivity index (χ4n) is 5.66. The van der Waals surface area contributed by atoms with E-state index in [0.29, 0.717) is 35.4 Å². The molecule has 3 heterocycles. The van der Waals surface area contributed by atoms with Gasteiger partial charge in [-0.25, -0.2) is 9.78 Å². The molecule has 278 valence electrons. The second-order valence-corrected chi connectivity index (χ2v) is 16.0. The summed E-state index contributed by atoms with van der Waals surface area (Å²) in [5.74, 6) is -3.97. The Labute approximate surface area is 316 Å². The SMILES string of the molecule is CCCN(C(=O)CSC(C)=O)c1cc(C)c(CC2=C(C(=O)O)N3C(=O)[C@@H](CC(=O)/C(=N\OC)c4csc(N)n4)[C@H]3SC2)cc1NC(=O)CSC(C)=O. The number of fused-ring (bicyclic) bond motifs is 1. The van der Waals surface area contributed by atoms with Crippen molar-refractivity contribution in [2.24, 2.45) is 11.1 Å². The van der Waals surface area contributed by atoms with E-state index in [1.807, 2.05) is 6.92 Å². The summed E-state index contributed by atoms with van der Waals surface area (Å²) < 4.78 is 0. The molecule has 1 saturated heterocycles. The van der Waals surface area contributed by atoms with Gasteiger partial charge in [-0.05, 0) is 48.6 Å². The molecule has 0 spiro atoms.